The average molecular weight is 631 g/mol. The monoisotopic (exact) mass is 630 g/mol. The van der Waals surface area contributed by atoms with Crippen molar-refractivity contribution in [2.75, 3.05) is 6.61 Å². The molecule has 0 bridgehead atoms. The molecule has 9 heteroatoms. The van der Waals surface area contributed by atoms with Crippen LogP contribution in [0.15, 0.2) is 66.7 Å². The summed E-state index contributed by atoms with van der Waals surface area (Å²) in [5, 5.41) is 0. The topological polar surface area (TPSA) is 9.23 Å². The van der Waals surface area contributed by atoms with Crippen LogP contribution in [0.2, 0.25) is 0 Å². The molecule has 0 aromatic heterocycles. The van der Waals surface area contributed by atoms with Crippen molar-refractivity contribution >= 4 is 11.7 Å². The lowest BCUT2D eigenvalue weighted by molar-refractivity contribution is -0.0198. The van der Waals surface area contributed by atoms with Gasteiger partial charge in [0.15, 0.2) is 29.1 Å². The molecule has 45 heavy (non-hydrogen) atoms. The molecule has 236 valence electrons. The number of rotatable bonds is 9. The van der Waals surface area contributed by atoms with Gasteiger partial charge in [0.2, 0.25) is 0 Å². The summed E-state index contributed by atoms with van der Waals surface area (Å²) in [7, 11) is 0. The van der Waals surface area contributed by atoms with Crippen molar-refractivity contribution in [3.63, 3.8) is 0 Å². The molecule has 0 aliphatic carbocycles. The smallest absolute Gasteiger partial charge is 0.194 e. The zero-order valence-electron chi connectivity index (χ0n) is 24.4. The second-order valence-electron chi connectivity index (χ2n) is 11.3. The number of ether oxygens (including phenoxy) is 1. The number of hydrogen-bond acceptors (Lipinski definition) is 1. The summed E-state index contributed by atoms with van der Waals surface area (Å²) in [6, 6.07) is 12.0. The summed E-state index contributed by atoms with van der Waals surface area (Å²) in [4.78, 5) is 0. The number of benzene rings is 4. The Morgan fingerprint density at radius 1 is 0.667 bits per heavy atom. The normalized spacial score (nSPS) is 17.4. The third kappa shape index (κ3) is 7.14. The summed E-state index contributed by atoms with van der Waals surface area (Å²) >= 11 is 0. The second-order valence-corrected chi connectivity index (χ2v) is 11.3. The van der Waals surface area contributed by atoms with Gasteiger partial charge in [-0.05, 0) is 77.8 Å². The van der Waals surface area contributed by atoms with Gasteiger partial charge in [-0.15, -0.1) is 0 Å². The highest BCUT2D eigenvalue weighted by atomic mass is 19.2. The lowest BCUT2D eigenvalue weighted by atomic mass is 9.90. The van der Waals surface area contributed by atoms with E-state index >= 15 is 17.6 Å². The molecule has 1 fully saturated rings. The van der Waals surface area contributed by atoms with Crippen molar-refractivity contribution in [3.8, 4) is 22.3 Å². The van der Waals surface area contributed by atoms with Gasteiger partial charge >= 0.3 is 0 Å². The fourth-order valence-electron chi connectivity index (χ4n) is 5.65. The molecular formula is C36H30F8O. The number of unbranched alkanes of at least 4 members (excludes halogenated alkanes) is 2. The molecule has 0 radical (unpaired) electrons. The fraction of sp³-hybridized carbons (Fsp3) is 0.278. The highest BCUT2D eigenvalue weighted by Crippen LogP contribution is 2.37. The number of hydrogen-bond donors (Lipinski definition) is 0. The van der Waals surface area contributed by atoms with Gasteiger partial charge in [-0.2, -0.15) is 0 Å². The van der Waals surface area contributed by atoms with Gasteiger partial charge < -0.3 is 4.74 Å². The zero-order valence-corrected chi connectivity index (χ0v) is 24.4. The van der Waals surface area contributed by atoms with E-state index in [-0.39, 0.29) is 11.7 Å². The van der Waals surface area contributed by atoms with Crippen molar-refractivity contribution in [2.45, 2.75) is 51.6 Å². The molecule has 0 N–H and O–H groups in total. The van der Waals surface area contributed by atoms with Crippen LogP contribution in [0.1, 0.15) is 68.2 Å². The minimum Gasteiger partial charge on any atom is -0.373 e. The summed E-state index contributed by atoms with van der Waals surface area (Å²) in [5.41, 5.74) is -1.32. The van der Waals surface area contributed by atoms with E-state index in [1.165, 1.54) is 19.3 Å². The summed E-state index contributed by atoms with van der Waals surface area (Å²) in [5.74, 6) is -12.0. The van der Waals surface area contributed by atoms with E-state index in [1.807, 2.05) is 12.1 Å². The first-order valence-corrected chi connectivity index (χ1v) is 14.8. The van der Waals surface area contributed by atoms with Crippen LogP contribution in [0.3, 0.4) is 0 Å². The maximum Gasteiger partial charge on any atom is 0.194 e. The average Bonchev–Trinajstić information content (AvgIpc) is 3.03. The Bertz CT molecular complexity index is 1660. The van der Waals surface area contributed by atoms with Gasteiger partial charge in [-0.3, -0.25) is 0 Å². The van der Waals surface area contributed by atoms with Crippen molar-refractivity contribution < 1.29 is 39.9 Å². The molecule has 4 aromatic carbocycles. The molecule has 0 saturated carbocycles. The largest absolute Gasteiger partial charge is 0.373 e. The molecule has 1 aliphatic heterocycles. The summed E-state index contributed by atoms with van der Waals surface area (Å²) in [6.07, 6.45) is 6.60. The van der Waals surface area contributed by atoms with Crippen molar-refractivity contribution in [1.82, 2.24) is 0 Å². The molecule has 5 rings (SSSR count). The van der Waals surface area contributed by atoms with Gasteiger partial charge in [0.1, 0.15) is 17.5 Å². The molecule has 1 heterocycles. The third-order valence-electron chi connectivity index (χ3n) is 8.17. The van der Waals surface area contributed by atoms with Gasteiger partial charge in [0.25, 0.3) is 0 Å². The molecule has 1 aliphatic rings. The van der Waals surface area contributed by atoms with Crippen LogP contribution in [0.5, 0.6) is 0 Å². The van der Waals surface area contributed by atoms with Gasteiger partial charge in [0, 0.05) is 11.1 Å². The van der Waals surface area contributed by atoms with Crippen LogP contribution in [-0.4, -0.2) is 6.61 Å². The molecule has 4 aromatic rings. The van der Waals surface area contributed by atoms with Gasteiger partial charge in [0.05, 0.1) is 18.3 Å². The van der Waals surface area contributed by atoms with Crippen LogP contribution >= 0.6 is 0 Å². The molecule has 2 atom stereocenters. The predicted molar refractivity (Wildman–Crippen MR) is 158 cm³/mol. The minimum absolute atomic E-state index is 0.0727. The SMILES string of the molecule is CCCCCC1CCC(c2ccc(-c3cc(F)c(/C(F)=C(\F)c4ccc(-c5cc(F)c(F)c(F)c5)c(F)c4)c(F)c3)cc2)OC1. The summed E-state index contributed by atoms with van der Waals surface area (Å²) < 4.78 is 121. The van der Waals surface area contributed by atoms with E-state index < -0.39 is 68.8 Å². The molecule has 1 saturated heterocycles. The Hall–Kier alpha value is -3.98. The maximum atomic E-state index is 15.1. The van der Waals surface area contributed by atoms with Crippen molar-refractivity contribution in [3.05, 3.63) is 118 Å². The molecule has 2 unspecified atom stereocenters. The predicted octanol–water partition coefficient (Wildman–Crippen LogP) is 11.7. The molecule has 1 nitrogen and oxygen atoms in total. The van der Waals surface area contributed by atoms with Crippen LogP contribution in [0.4, 0.5) is 35.1 Å². The summed E-state index contributed by atoms with van der Waals surface area (Å²) in [6.45, 7) is 2.86. The first-order valence-electron chi connectivity index (χ1n) is 14.8. The van der Waals surface area contributed by atoms with E-state index in [0.29, 0.717) is 36.3 Å². The number of halogens is 8. The Kier molecular flexibility index (Phi) is 10.1. The van der Waals surface area contributed by atoms with E-state index in [1.54, 1.807) is 12.1 Å². The van der Waals surface area contributed by atoms with Gasteiger partial charge in [-0.25, -0.2) is 35.1 Å². The Labute approximate surface area is 256 Å². The quantitative estimate of drug-likeness (QED) is 0.0774. The second kappa shape index (κ2) is 14.0. The first-order chi connectivity index (χ1) is 21.6. The van der Waals surface area contributed by atoms with E-state index in [0.717, 1.165) is 49.1 Å². The van der Waals surface area contributed by atoms with Crippen LogP contribution in [0, 0.1) is 40.8 Å². The first kappa shape index (κ1) is 32.4. The van der Waals surface area contributed by atoms with Crippen LogP contribution in [-0.2, 0) is 4.74 Å². The standard InChI is InChI=1S/C36H30F8O/c1-2-3-4-5-20-6-13-32(45-19-20)22-9-7-21(8-10-22)24-15-28(38)33(29(39)16-24)36(44)34(42)23-11-12-26(27(37)14-23)25-17-30(40)35(43)31(41)18-25/h7-12,14-18,20,32H,2-6,13,19H2,1H3/b36-34+. The minimum atomic E-state index is -1.90. The van der Waals surface area contributed by atoms with Crippen molar-refractivity contribution in [2.24, 2.45) is 5.92 Å². The van der Waals surface area contributed by atoms with E-state index in [4.69, 9.17) is 4.74 Å². The van der Waals surface area contributed by atoms with E-state index in [2.05, 4.69) is 6.92 Å². The maximum absolute atomic E-state index is 15.1. The Balaban J connectivity index is 1.33. The zero-order chi connectivity index (χ0) is 32.2. The van der Waals surface area contributed by atoms with Crippen LogP contribution in [0.25, 0.3) is 33.9 Å². The molecule has 0 amide bonds. The van der Waals surface area contributed by atoms with E-state index in [9.17, 15) is 17.6 Å². The van der Waals surface area contributed by atoms with Crippen LogP contribution < -0.4 is 0 Å². The lowest BCUT2D eigenvalue weighted by Crippen LogP contribution is -2.20. The Morgan fingerprint density at radius 2 is 1.31 bits per heavy atom. The Morgan fingerprint density at radius 3 is 1.89 bits per heavy atom. The molecule has 0 spiro atoms. The fourth-order valence-corrected chi connectivity index (χ4v) is 5.65. The van der Waals surface area contributed by atoms with Crippen molar-refractivity contribution in [1.29, 1.82) is 0 Å². The highest BCUT2D eigenvalue weighted by Gasteiger charge is 2.24. The highest BCUT2D eigenvalue weighted by molar-refractivity contribution is 5.85. The lowest BCUT2D eigenvalue weighted by Gasteiger charge is -2.29. The molecular weight excluding hydrogens is 600 g/mol. The third-order valence-corrected chi connectivity index (χ3v) is 8.17. The van der Waals surface area contributed by atoms with Gasteiger partial charge in [-0.1, -0.05) is 62.6 Å².